The van der Waals surface area contributed by atoms with Crippen LogP contribution in [0.5, 0.6) is 0 Å². The second-order valence-electron chi connectivity index (χ2n) is 8.06. The fourth-order valence-corrected chi connectivity index (χ4v) is 4.20. The van der Waals surface area contributed by atoms with Gasteiger partial charge in [0.15, 0.2) is 0 Å². The summed E-state index contributed by atoms with van der Waals surface area (Å²) >= 11 is 0. The SMILES string of the molecule is Cc1c(C(=O)N2CCN(CC3CCC3)CC2)cnn1-c1nn2cccc2c(=O)[nH]1. The molecule has 0 aromatic carbocycles. The molecular weight excluding hydrogens is 370 g/mol. The van der Waals surface area contributed by atoms with Gasteiger partial charge < -0.3 is 4.90 Å². The summed E-state index contributed by atoms with van der Waals surface area (Å²) in [6.45, 7) is 6.32. The number of nitrogens with one attached hydrogen (secondary N) is 1. The average molecular weight is 395 g/mol. The van der Waals surface area contributed by atoms with Crippen molar-refractivity contribution >= 4 is 11.4 Å². The molecule has 0 spiro atoms. The molecule has 9 nitrogen and oxygen atoms in total. The van der Waals surface area contributed by atoms with Crippen LogP contribution in [0.15, 0.2) is 29.3 Å². The Labute approximate surface area is 167 Å². The Hall–Kier alpha value is -2.94. The first-order valence-electron chi connectivity index (χ1n) is 10.2. The highest BCUT2D eigenvalue weighted by molar-refractivity contribution is 5.95. The standard InChI is InChI=1S/C20H25N7O2/c1-14-16(19(29)25-10-8-24(9-11-25)13-15-4-2-5-15)12-21-27(14)20-22-18(28)17-6-3-7-26(17)23-20/h3,6-7,12,15H,2,4-5,8-11,13H2,1H3,(H,22,23,28). The lowest BCUT2D eigenvalue weighted by Crippen LogP contribution is -2.50. The highest BCUT2D eigenvalue weighted by Gasteiger charge is 2.27. The van der Waals surface area contributed by atoms with E-state index >= 15 is 0 Å². The van der Waals surface area contributed by atoms with Crippen LogP contribution in [-0.2, 0) is 0 Å². The molecule has 1 amide bonds. The van der Waals surface area contributed by atoms with E-state index in [1.165, 1.54) is 35.0 Å². The Morgan fingerprint density at radius 2 is 2.03 bits per heavy atom. The fourth-order valence-electron chi connectivity index (χ4n) is 4.20. The van der Waals surface area contributed by atoms with Crippen molar-refractivity contribution in [1.29, 1.82) is 0 Å². The van der Waals surface area contributed by atoms with Crippen LogP contribution in [0, 0.1) is 12.8 Å². The van der Waals surface area contributed by atoms with Gasteiger partial charge in [-0.05, 0) is 37.8 Å². The second kappa shape index (κ2) is 7.14. The predicted octanol–water partition coefficient (Wildman–Crippen LogP) is 1.07. The molecule has 4 heterocycles. The number of piperazine rings is 1. The number of nitrogens with zero attached hydrogens (tertiary/aromatic N) is 6. The molecule has 3 aromatic rings. The van der Waals surface area contributed by atoms with Crippen molar-refractivity contribution in [3.63, 3.8) is 0 Å². The Kier molecular flexibility index (Phi) is 4.46. The number of H-pyrrole nitrogens is 1. The van der Waals surface area contributed by atoms with Gasteiger partial charge in [-0.3, -0.25) is 19.5 Å². The number of rotatable bonds is 4. The summed E-state index contributed by atoms with van der Waals surface area (Å²) in [6.07, 6.45) is 7.34. The van der Waals surface area contributed by atoms with Gasteiger partial charge in [0.1, 0.15) is 5.52 Å². The van der Waals surface area contributed by atoms with E-state index in [0.717, 1.165) is 32.1 Å². The molecule has 0 bridgehead atoms. The third kappa shape index (κ3) is 3.25. The van der Waals surface area contributed by atoms with Crippen molar-refractivity contribution in [2.45, 2.75) is 26.2 Å². The third-order valence-electron chi connectivity index (χ3n) is 6.23. The van der Waals surface area contributed by atoms with Crippen molar-refractivity contribution < 1.29 is 4.79 Å². The summed E-state index contributed by atoms with van der Waals surface area (Å²) in [6, 6.07) is 3.46. The first kappa shape index (κ1) is 18.1. The minimum atomic E-state index is -0.245. The van der Waals surface area contributed by atoms with Crippen LogP contribution in [0.1, 0.15) is 35.3 Å². The highest BCUT2D eigenvalue weighted by atomic mass is 16.2. The number of aromatic nitrogens is 5. The average Bonchev–Trinajstić information content (AvgIpc) is 3.31. The van der Waals surface area contributed by atoms with Crippen molar-refractivity contribution in [2.75, 3.05) is 32.7 Å². The van der Waals surface area contributed by atoms with Crippen LogP contribution in [0.3, 0.4) is 0 Å². The van der Waals surface area contributed by atoms with Gasteiger partial charge in [0.05, 0.1) is 17.5 Å². The smallest absolute Gasteiger partial charge is 0.276 e. The van der Waals surface area contributed by atoms with E-state index in [2.05, 4.69) is 20.1 Å². The van der Waals surface area contributed by atoms with Gasteiger partial charge in [-0.15, -0.1) is 5.10 Å². The maximum atomic E-state index is 13.1. The topological polar surface area (TPSA) is 91.5 Å². The van der Waals surface area contributed by atoms with E-state index in [0.29, 0.717) is 22.7 Å². The van der Waals surface area contributed by atoms with E-state index in [-0.39, 0.29) is 11.5 Å². The molecule has 152 valence electrons. The van der Waals surface area contributed by atoms with E-state index in [4.69, 9.17) is 0 Å². The Morgan fingerprint density at radius 1 is 1.24 bits per heavy atom. The number of carbonyl (C=O) groups excluding carboxylic acids is 1. The number of fused-ring (bicyclic) bond motifs is 1. The molecule has 0 unspecified atom stereocenters. The highest BCUT2D eigenvalue weighted by Crippen LogP contribution is 2.27. The number of aromatic amines is 1. The van der Waals surface area contributed by atoms with Crippen molar-refractivity contribution in [3.05, 3.63) is 46.1 Å². The maximum absolute atomic E-state index is 13.1. The van der Waals surface area contributed by atoms with Crippen LogP contribution in [0.2, 0.25) is 0 Å². The van der Waals surface area contributed by atoms with Crippen LogP contribution >= 0.6 is 0 Å². The molecule has 1 saturated carbocycles. The normalized spacial score (nSPS) is 18.3. The lowest BCUT2D eigenvalue weighted by atomic mass is 9.85. The lowest BCUT2D eigenvalue weighted by Gasteiger charge is -2.38. The molecule has 29 heavy (non-hydrogen) atoms. The third-order valence-corrected chi connectivity index (χ3v) is 6.23. The van der Waals surface area contributed by atoms with E-state index < -0.39 is 0 Å². The first-order valence-corrected chi connectivity index (χ1v) is 10.2. The van der Waals surface area contributed by atoms with Crippen molar-refractivity contribution in [3.8, 4) is 5.95 Å². The number of amides is 1. The van der Waals surface area contributed by atoms with Crippen LogP contribution in [0.4, 0.5) is 0 Å². The number of hydrogen-bond donors (Lipinski definition) is 1. The van der Waals surface area contributed by atoms with Gasteiger partial charge in [-0.1, -0.05) is 6.42 Å². The van der Waals surface area contributed by atoms with E-state index in [1.807, 2.05) is 11.8 Å². The summed E-state index contributed by atoms with van der Waals surface area (Å²) in [4.78, 5) is 32.4. The zero-order chi connectivity index (χ0) is 20.0. The molecule has 1 aliphatic carbocycles. The molecule has 0 radical (unpaired) electrons. The fraction of sp³-hybridized carbons (Fsp3) is 0.500. The summed E-state index contributed by atoms with van der Waals surface area (Å²) in [5.74, 6) is 1.13. The second-order valence-corrected chi connectivity index (χ2v) is 8.06. The van der Waals surface area contributed by atoms with Crippen molar-refractivity contribution in [2.24, 2.45) is 5.92 Å². The van der Waals surface area contributed by atoms with Gasteiger partial charge in [0, 0.05) is 38.9 Å². The molecule has 5 rings (SSSR count). The van der Waals surface area contributed by atoms with Crippen LogP contribution in [0.25, 0.3) is 11.5 Å². The molecule has 0 atom stereocenters. The molecule has 2 aliphatic rings. The summed E-state index contributed by atoms with van der Waals surface area (Å²) < 4.78 is 3.03. The maximum Gasteiger partial charge on any atom is 0.276 e. The quantitative estimate of drug-likeness (QED) is 0.714. The zero-order valence-corrected chi connectivity index (χ0v) is 16.5. The number of carbonyl (C=O) groups is 1. The minimum absolute atomic E-state index is 0.0126. The van der Waals surface area contributed by atoms with E-state index in [9.17, 15) is 9.59 Å². The van der Waals surface area contributed by atoms with Gasteiger partial charge in [-0.25, -0.2) is 9.20 Å². The Balaban J connectivity index is 1.32. The summed E-state index contributed by atoms with van der Waals surface area (Å²) in [5.41, 5.74) is 1.44. The monoisotopic (exact) mass is 395 g/mol. The summed E-state index contributed by atoms with van der Waals surface area (Å²) in [7, 11) is 0. The molecule has 1 saturated heterocycles. The zero-order valence-electron chi connectivity index (χ0n) is 16.5. The van der Waals surface area contributed by atoms with Gasteiger partial charge in [0.25, 0.3) is 11.5 Å². The number of hydrogen-bond acceptors (Lipinski definition) is 5. The van der Waals surface area contributed by atoms with E-state index in [1.54, 1.807) is 24.5 Å². The first-order chi connectivity index (χ1) is 14.1. The molecule has 1 N–H and O–H groups in total. The Morgan fingerprint density at radius 3 is 2.76 bits per heavy atom. The van der Waals surface area contributed by atoms with Gasteiger partial charge >= 0.3 is 0 Å². The van der Waals surface area contributed by atoms with Crippen molar-refractivity contribution in [1.82, 2.24) is 34.2 Å². The van der Waals surface area contributed by atoms with Crippen LogP contribution < -0.4 is 5.56 Å². The lowest BCUT2D eigenvalue weighted by molar-refractivity contribution is 0.0590. The molecular formula is C20H25N7O2. The molecule has 2 fully saturated rings. The Bertz CT molecular complexity index is 1100. The molecule has 1 aliphatic heterocycles. The van der Waals surface area contributed by atoms with Gasteiger partial charge in [-0.2, -0.15) is 5.10 Å². The summed E-state index contributed by atoms with van der Waals surface area (Å²) in [5, 5.41) is 8.71. The van der Waals surface area contributed by atoms with Crippen LogP contribution in [-0.4, -0.2) is 72.8 Å². The minimum Gasteiger partial charge on any atom is -0.336 e. The largest absolute Gasteiger partial charge is 0.336 e. The van der Waals surface area contributed by atoms with Gasteiger partial charge in [0.2, 0.25) is 5.95 Å². The predicted molar refractivity (Wildman–Crippen MR) is 107 cm³/mol. The molecule has 9 heteroatoms. The molecule has 3 aromatic heterocycles.